The molecule has 6 heteroatoms. The van der Waals surface area contributed by atoms with E-state index in [1.54, 1.807) is 11.0 Å². The summed E-state index contributed by atoms with van der Waals surface area (Å²) in [5.41, 5.74) is 0.522. The number of rotatable bonds is 4. The van der Waals surface area contributed by atoms with Crippen molar-refractivity contribution >= 4 is 11.7 Å². The molecule has 130 valence electrons. The van der Waals surface area contributed by atoms with Crippen LogP contribution in [-0.2, 0) is 4.74 Å². The van der Waals surface area contributed by atoms with Gasteiger partial charge >= 0.3 is 6.03 Å². The van der Waals surface area contributed by atoms with Crippen molar-refractivity contribution in [2.24, 2.45) is 11.3 Å². The summed E-state index contributed by atoms with van der Waals surface area (Å²) in [6.07, 6.45) is 4.34. The number of carbonyl (C=O) groups excluding carboxylic acids is 1. The second-order valence-electron chi connectivity index (χ2n) is 7.30. The Labute approximate surface area is 141 Å². The summed E-state index contributed by atoms with van der Waals surface area (Å²) in [7, 11) is 0. The van der Waals surface area contributed by atoms with Crippen molar-refractivity contribution in [2.45, 2.75) is 25.7 Å². The van der Waals surface area contributed by atoms with Crippen molar-refractivity contribution in [1.29, 1.82) is 0 Å². The lowest BCUT2D eigenvalue weighted by molar-refractivity contribution is 0.154. The van der Waals surface area contributed by atoms with Crippen LogP contribution in [0.3, 0.4) is 0 Å². The fourth-order valence-electron chi connectivity index (χ4n) is 3.49. The maximum atomic E-state index is 13.6. The number of amides is 2. The highest BCUT2D eigenvalue weighted by Gasteiger charge is 2.42. The van der Waals surface area contributed by atoms with E-state index in [0.29, 0.717) is 37.1 Å². The molecule has 1 spiro atoms. The highest BCUT2D eigenvalue weighted by molar-refractivity contribution is 5.91. The van der Waals surface area contributed by atoms with Crippen molar-refractivity contribution in [2.75, 3.05) is 38.2 Å². The first-order chi connectivity index (χ1) is 11.6. The van der Waals surface area contributed by atoms with E-state index in [0.717, 1.165) is 26.1 Å². The van der Waals surface area contributed by atoms with E-state index in [4.69, 9.17) is 9.47 Å². The van der Waals surface area contributed by atoms with Crippen LogP contribution < -0.4 is 10.1 Å². The fraction of sp³-hybridized carbons (Fsp3) is 0.611. The molecule has 1 N–H and O–H groups in total. The maximum Gasteiger partial charge on any atom is 0.321 e. The molecule has 24 heavy (non-hydrogen) atoms. The molecule has 2 aliphatic heterocycles. The largest absolute Gasteiger partial charge is 0.491 e. The molecule has 4 rings (SSSR count). The van der Waals surface area contributed by atoms with Gasteiger partial charge in [0.2, 0.25) is 0 Å². The van der Waals surface area contributed by atoms with Crippen LogP contribution in [0, 0.1) is 17.2 Å². The average molecular weight is 334 g/mol. The topological polar surface area (TPSA) is 50.8 Å². The quantitative estimate of drug-likeness (QED) is 0.919. The summed E-state index contributed by atoms with van der Waals surface area (Å²) in [6, 6.07) is 4.08. The standard InChI is InChI=1S/C18H23FN2O3/c19-14-3-4-16(24-10-13-1-2-13)15(9-14)20-17(22)21-7-5-18(11-21)6-8-23-12-18/h3-4,9,13H,1-2,5-8,10-12H2,(H,20,22)/t18-/m0/s1. The Balaban J connectivity index is 1.42. The van der Waals surface area contributed by atoms with Gasteiger partial charge in [0.15, 0.2) is 0 Å². The highest BCUT2D eigenvalue weighted by atomic mass is 19.1. The van der Waals surface area contributed by atoms with Gasteiger partial charge in [0, 0.05) is 31.2 Å². The molecule has 5 nitrogen and oxygen atoms in total. The van der Waals surface area contributed by atoms with Gasteiger partial charge in [-0.05, 0) is 43.7 Å². The summed E-state index contributed by atoms with van der Waals surface area (Å²) in [4.78, 5) is 14.4. The lowest BCUT2D eigenvalue weighted by Crippen LogP contribution is -2.35. The molecule has 1 aliphatic carbocycles. The number of hydrogen-bond acceptors (Lipinski definition) is 3. The van der Waals surface area contributed by atoms with Gasteiger partial charge < -0.3 is 19.7 Å². The second kappa shape index (κ2) is 6.24. The zero-order valence-corrected chi connectivity index (χ0v) is 13.7. The third-order valence-corrected chi connectivity index (χ3v) is 5.27. The van der Waals surface area contributed by atoms with E-state index in [9.17, 15) is 9.18 Å². The van der Waals surface area contributed by atoms with Gasteiger partial charge in [-0.2, -0.15) is 0 Å². The minimum Gasteiger partial charge on any atom is -0.491 e. The average Bonchev–Trinajstić information content (AvgIpc) is 3.13. The monoisotopic (exact) mass is 334 g/mol. The first-order valence-electron chi connectivity index (χ1n) is 8.70. The number of carbonyl (C=O) groups is 1. The zero-order chi connectivity index (χ0) is 16.6. The number of likely N-dealkylation sites (tertiary alicyclic amines) is 1. The molecule has 0 aromatic heterocycles. The molecular weight excluding hydrogens is 311 g/mol. The lowest BCUT2D eigenvalue weighted by Gasteiger charge is -2.22. The molecule has 3 fully saturated rings. The number of benzene rings is 1. The van der Waals surface area contributed by atoms with Crippen LogP contribution in [0.25, 0.3) is 0 Å². The van der Waals surface area contributed by atoms with E-state index in [-0.39, 0.29) is 17.3 Å². The predicted molar refractivity (Wildman–Crippen MR) is 87.7 cm³/mol. The molecule has 0 bridgehead atoms. The molecule has 3 aliphatic rings. The molecule has 2 heterocycles. The molecular formula is C18H23FN2O3. The zero-order valence-electron chi connectivity index (χ0n) is 13.7. The number of ether oxygens (including phenoxy) is 2. The molecule has 2 amide bonds. The van der Waals surface area contributed by atoms with E-state index in [2.05, 4.69) is 5.32 Å². The van der Waals surface area contributed by atoms with E-state index in [1.165, 1.54) is 25.0 Å². The predicted octanol–water partition coefficient (Wildman–Crippen LogP) is 3.26. The molecule has 1 aromatic carbocycles. The van der Waals surface area contributed by atoms with Crippen molar-refractivity contribution in [1.82, 2.24) is 4.90 Å². The Morgan fingerprint density at radius 1 is 1.42 bits per heavy atom. The lowest BCUT2D eigenvalue weighted by atomic mass is 9.87. The normalized spacial score (nSPS) is 26.1. The summed E-state index contributed by atoms with van der Waals surface area (Å²) < 4.78 is 24.8. The van der Waals surface area contributed by atoms with Crippen LogP contribution in [0.5, 0.6) is 5.75 Å². The first-order valence-corrected chi connectivity index (χ1v) is 8.70. The molecule has 0 unspecified atom stereocenters. The summed E-state index contributed by atoms with van der Waals surface area (Å²) in [6.45, 7) is 3.54. The first kappa shape index (κ1) is 15.7. The number of halogens is 1. The van der Waals surface area contributed by atoms with Gasteiger partial charge in [0.05, 0.1) is 18.9 Å². The SMILES string of the molecule is O=C(Nc1cc(F)ccc1OCC1CC1)N1CC[C@]2(CCOC2)C1. The van der Waals surface area contributed by atoms with Gasteiger partial charge in [-0.25, -0.2) is 9.18 Å². The Morgan fingerprint density at radius 3 is 3.04 bits per heavy atom. The summed E-state index contributed by atoms with van der Waals surface area (Å²) in [5.74, 6) is 0.750. The molecule has 1 saturated carbocycles. The number of anilines is 1. The van der Waals surface area contributed by atoms with E-state index < -0.39 is 0 Å². The Morgan fingerprint density at radius 2 is 2.29 bits per heavy atom. The number of nitrogens with one attached hydrogen (secondary N) is 1. The molecule has 0 radical (unpaired) electrons. The van der Waals surface area contributed by atoms with Crippen molar-refractivity contribution in [3.8, 4) is 5.75 Å². The Kier molecular flexibility index (Phi) is 4.08. The van der Waals surface area contributed by atoms with E-state index >= 15 is 0 Å². The van der Waals surface area contributed by atoms with Crippen LogP contribution in [0.4, 0.5) is 14.9 Å². The van der Waals surface area contributed by atoms with Crippen LogP contribution in [-0.4, -0.2) is 43.8 Å². The van der Waals surface area contributed by atoms with Gasteiger partial charge in [-0.15, -0.1) is 0 Å². The van der Waals surface area contributed by atoms with Gasteiger partial charge in [0.1, 0.15) is 11.6 Å². The molecule has 2 saturated heterocycles. The third kappa shape index (κ3) is 3.34. The number of hydrogen-bond donors (Lipinski definition) is 1. The van der Waals surface area contributed by atoms with Crippen LogP contribution in [0.15, 0.2) is 18.2 Å². The number of nitrogens with zero attached hydrogens (tertiary/aromatic N) is 1. The van der Waals surface area contributed by atoms with E-state index in [1.807, 2.05) is 0 Å². The van der Waals surface area contributed by atoms with Crippen molar-refractivity contribution < 1.29 is 18.7 Å². The van der Waals surface area contributed by atoms with Crippen LogP contribution in [0.2, 0.25) is 0 Å². The van der Waals surface area contributed by atoms with Gasteiger partial charge in [-0.1, -0.05) is 0 Å². The van der Waals surface area contributed by atoms with Gasteiger partial charge in [-0.3, -0.25) is 0 Å². The summed E-state index contributed by atoms with van der Waals surface area (Å²) in [5, 5.41) is 2.82. The smallest absolute Gasteiger partial charge is 0.321 e. The van der Waals surface area contributed by atoms with Crippen LogP contribution in [0.1, 0.15) is 25.7 Å². The summed E-state index contributed by atoms with van der Waals surface area (Å²) >= 11 is 0. The third-order valence-electron chi connectivity index (χ3n) is 5.27. The van der Waals surface area contributed by atoms with Crippen molar-refractivity contribution in [3.63, 3.8) is 0 Å². The van der Waals surface area contributed by atoms with Gasteiger partial charge in [0.25, 0.3) is 0 Å². The second-order valence-corrected chi connectivity index (χ2v) is 7.30. The maximum absolute atomic E-state index is 13.6. The minimum absolute atomic E-state index is 0.116. The Hall–Kier alpha value is -1.82. The molecule has 1 atom stereocenters. The minimum atomic E-state index is -0.383. The van der Waals surface area contributed by atoms with Crippen molar-refractivity contribution in [3.05, 3.63) is 24.0 Å². The highest BCUT2D eigenvalue weighted by Crippen LogP contribution is 2.38. The number of urea groups is 1. The van der Waals surface area contributed by atoms with Crippen LogP contribution >= 0.6 is 0 Å². The molecule has 1 aromatic rings. The Bertz CT molecular complexity index is 627. The fourth-order valence-corrected chi connectivity index (χ4v) is 3.49.